The molecule has 1 aliphatic rings. The molecule has 1 aliphatic carbocycles. The number of halogens is 1. The second kappa shape index (κ2) is 7.61. The van der Waals surface area contributed by atoms with Gasteiger partial charge in [0.2, 0.25) is 15.9 Å². The summed E-state index contributed by atoms with van der Waals surface area (Å²) in [6.07, 6.45) is 2.44. The Labute approximate surface area is 141 Å². The molecule has 0 aromatic heterocycles. The van der Waals surface area contributed by atoms with E-state index in [4.69, 9.17) is 11.6 Å². The molecule has 8 heteroatoms. The minimum Gasteiger partial charge on any atom is -0.393 e. The lowest BCUT2D eigenvalue weighted by molar-refractivity contribution is -0.122. The number of carbonyl (C=O) groups is 1. The average Bonchev–Trinajstić information content (AvgIpc) is 2.50. The molecular weight excluding hydrogens is 340 g/mol. The topological polar surface area (TPSA) is 86.7 Å². The number of carbonyl (C=O) groups excluding carboxylic acids is 1. The monoisotopic (exact) mass is 360 g/mol. The number of nitrogens with one attached hydrogen (secondary N) is 1. The van der Waals surface area contributed by atoms with Crippen molar-refractivity contribution in [3.8, 4) is 0 Å². The van der Waals surface area contributed by atoms with Crippen molar-refractivity contribution < 1.29 is 18.3 Å². The molecule has 2 N–H and O–H groups in total. The smallest absolute Gasteiger partial charge is 0.243 e. The third kappa shape index (κ3) is 4.91. The second-order valence-electron chi connectivity index (χ2n) is 5.79. The first-order valence-electron chi connectivity index (χ1n) is 7.48. The summed E-state index contributed by atoms with van der Waals surface area (Å²) < 4.78 is 25.8. The molecule has 1 aromatic carbocycles. The van der Waals surface area contributed by atoms with Gasteiger partial charge in [0.05, 0.1) is 17.5 Å². The molecule has 23 heavy (non-hydrogen) atoms. The molecule has 6 nitrogen and oxygen atoms in total. The molecule has 0 aliphatic heterocycles. The summed E-state index contributed by atoms with van der Waals surface area (Å²) in [4.78, 5) is 12.1. The lowest BCUT2D eigenvalue weighted by atomic mass is 9.93. The highest BCUT2D eigenvalue weighted by atomic mass is 35.5. The van der Waals surface area contributed by atoms with Crippen molar-refractivity contribution in [3.63, 3.8) is 0 Å². The highest BCUT2D eigenvalue weighted by Crippen LogP contribution is 2.19. The van der Waals surface area contributed by atoms with Crippen LogP contribution in [0.5, 0.6) is 0 Å². The standard InChI is InChI=1S/C15H21ClN2O4S/c1-18(23(21,22)14-8-2-11(16)3-9-14)10-15(20)17-12-4-6-13(19)7-5-12/h2-3,8-9,12-13,19H,4-7,10H2,1H3,(H,17,20). The van der Waals surface area contributed by atoms with Crippen LogP contribution in [0.1, 0.15) is 25.7 Å². The summed E-state index contributed by atoms with van der Waals surface area (Å²) in [5.41, 5.74) is 0. The maximum atomic E-state index is 12.4. The lowest BCUT2D eigenvalue weighted by Crippen LogP contribution is -2.44. The van der Waals surface area contributed by atoms with Gasteiger partial charge in [-0.25, -0.2) is 8.42 Å². The Morgan fingerprint density at radius 1 is 1.26 bits per heavy atom. The molecule has 0 bridgehead atoms. The molecule has 0 saturated heterocycles. The molecule has 1 fully saturated rings. The SMILES string of the molecule is CN(CC(=O)NC1CCC(O)CC1)S(=O)(=O)c1ccc(Cl)cc1. The minimum absolute atomic E-state index is 0.00228. The molecule has 1 aromatic rings. The third-order valence-corrected chi connectivity index (χ3v) is 6.02. The van der Waals surface area contributed by atoms with Crippen LogP contribution in [-0.4, -0.2) is 49.5 Å². The third-order valence-electron chi connectivity index (χ3n) is 3.95. The van der Waals surface area contributed by atoms with Gasteiger partial charge in [0.15, 0.2) is 0 Å². The summed E-state index contributed by atoms with van der Waals surface area (Å²) in [6, 6.07) is 5.81. The van der Waals surface area contributed by atoms with Crippen LogP contribution >= 0.6 is 11.6 Å². The zero-order chi connectivity index (χ0) is 17.0. The van der Waals surface area contributed by atoms with Crippen LogP contribution in [0.4, 0.5) is 0 Å². The van der Waals surface area contributed by atoms with Crippen LogP contribution in [0.25, 0.3) is 0 Å². The Morgan fingerprint density at radius 2 is 1.83 bits per heavy atom. The average molecular weight is 361 g/mol. The number of benzene rings is 1. The van der Waals surface area contributed by atoms with Crippen LogP contribution in [-0.2, 0) is 14.8 Å². The number of aliphatic hydroxyl groups excluding tert-OH is 1. The molecule has 0 radical (unpaired) electrons. The van der Waals surface area contributed by atoms with E-state index in [1.165, 1.54) is 31.3 Å². The first kappa shape index (κ1) is 18.2. The van der Waals surface area contributed by atoms with Crippen LogP contribution in [0.3, 0.4) is 0 Å². The van der Waals surface area contributed by atoms with Gasteiger partial charge in [-0.1, -0.05) is 11.6 Å². The Kier molecular flexibility index (Phi) is 6.02. The fourth-order valence-electron chi connectivity index (χ4n) is 2.57. The van der Waals surface area contributed by atoms with Crippen LogP contribution in [0.15, 0.2) is 29.2 Å². The van der Waals surface area contributed by atoms with Crippen molar-refractivity contribution in [1.82, 2.24) is 9.62 Å². The van der Waals surface area contributed by atoms with E-state index >= 15 is 0 Å². The van der Waals surface area contributed by atoms with Gasteiger partial charge in [-0.2, -0.15) is 4.31 Å². The molecule has 1 amide bonds. The van der Waals surface area contributed by atoms with E-state index in [2.05, 4.69) is 5.32 Å². The summed E-state index contributed by atoms with van der Waals surface area (Å²) in [6.45, 7) is -0.246. The highest BCUT2D eigenvalue weighted by molar-refractivity contribution is 7.89. The van der Waals surface area contributed by atoms with Crippen LogP contribution in [0.2, 0.25) is 5.02 Å². The van der Waals surface area contributed by atoms with E-state index in [9.17, 15) is 18.3 Å². The molecule has 2 rings (SSSR count). The maximum Gasteiger partial charge on any atom is 0.243 e. The number of rotatable bonds is 5. The number of hydrogen-bond acceptors (Lipinski definition) is 4. The predicted molar refractivity (Wildman–Crippen MR) is 87.7 cm³/mol. The van der Waals surface area contributed by atoms with Gasteiger partial charge in [0.25, 0.3) is 0 Å². The predicted octanol–water partition coefficient (Wildman–Crippen LogP) is 1.38. The Bertz CT molecular complexity index is 640. The summed E-state index contributed by atoms with van der Waals surface area (Å²) in [5.74, 6) is -0.341. The van der Waals surface area contributed by atoms with E-state index < -0.39 is 10.0 Å². The highest BCUT2D eigenvalue weighted by Gasteiger charge is 2.25. The van der Waals surface area contributed by atoms with Crippen molar-refractivity contribution in [3.05, 3.63) is 29.3 Å². The molecule has 0 spiro atoms. The first-order valence-corrected chi connectivity index (χ1v) is 9.30. The van der Waals surface area contributed by atoms with Gasteiger partial charge in [0.1, 0.15) is 0 Å². The van der Waals surface area contributed by atoms with Crippen molar-refractivity contribution in [2.24, 2.45) is 0 Å². The Morgan fingerprint density at radius 3 is 2.39 bits per heavy atom. The number of aliphatic hydroxyl groups is 1. The quantitative estimate of drug-likeness (QED) is 0.830. The van der Waals surface area contributed by atoms with Gasteiger partial charge in [-0.15, -0.1) is 0 Å². The molecule has 1 saturated carbocycles. The number of nitrogens with zero attached hydrogens (tertiary/aromatic N) is 1. The molecular formula is C15H21ClN2O4S. The van der Waals surface area contributed by atoms with Crippen LogP contribution < -0.4 is 5.32 Å². The molecule has 0 unspecified atom stereocenters. The first-order chi connectivity index (χ1) is 10.8. The zero-order valence-corrected chi connectivity index (χ0v) is 14.5. The summed E-state index contributed by atoms with van der Waals surface area (Å²) in [7, 11) is -2.36. The van der Waals surface area contributed by atoms with Gasteiger partial charge in [-0.3, -0.25) is 4.79 Å². The largest absolute Gasteiger partial charge is 0.393 e. The zero-order valence-electron chi connectivity index (χ0n) is 12.9. The van der Waals surface area contributed by atoms with Gasteiger partial charge < -0.3 is 10.4 Å². The maximum absolute atomic E-state index is 12.4. The van der Waals surface area contributed by atoms with Crippen LogP contribution in [0, 0.1) is 0 Å². The van der Waals surface area contributed by atoms with Crippen molar-refractivity contribution in [2.75, 3.05) is 13.6 Å². The van der Waals surface area contributed by atoms with Gasteiger partial charge >= 0.3 is 0 Å². The summed E-state index contributed by atoms with van der Waals surface area (Å²) >= 11 is 5.75. The van der Waals surface area contributed by atoms with Crippen molar-refractivity contribution in [1.29, 1.82) is 0 Å². The van der Waals surface area contributed by atoms with E-state index in [1.54, 1.807) is 0 Å². The second-order valence-corrected chi connectivity index (χ2v) is 8.27. The van der Waals surface area contributed by atoms with E-state index in [1.807, 2.05) is 0 Å². The van der Waals surface area contributed by atoms with E-state index in [0.29, 0.717) is 30.7 Å². The number of likely N-dealkylation sites (N-methyl/N-ethyl adjacent to an activating group) is 1. The fraction of sp³-hybridized carbons (Fsp3) is 0.533. The molecule has 0 atom stereocenters. The minimum atomic E-state index is -3.73. The summed E-state index contributed by atoms with van der Waals surface area (Å²) in [5, 5.41) is 12.7. The van der Waals surface area contributed by atoms with Gasteiger partial charge in [-0.05, 0) is 49.9 Å². The Hall–Kier alpha value is -1.15. The molecule has 0 heterocycles. The lowest BCUT2D eigenvalue weighted by Gasteiger charge is -2.27. The van der Waals surface area contributed by atoms with Crippen molar-refractivity contribution >= 4 is 27.5 Å². The Balaban J connectivity index is 1.93. The van der Waals surface area contributed by atoms with E-state index in [-0.39, 0.29) is 29.5 Å². The number of hydrogen-bond donors (Lipinski definition) is 2. The van der Waals surface area contributed by atoms with E-state index in [0.717, 1.165) is 4.31 Å². The number of amides is 1. The fourth-order valence-corrected chi connectivity index (χ4v) is 3.82. The molecule has 128 valence electrons. The van der Waals surface area contributed by atoms with Crippen molar-refractivity contribution in [2.45, 2.75) is 42.7 Å². The van der Waals surface area contributed by atoms with Gasteiger partial charge in [0, 0.05) is 18.1 Å². The normalized spacial score (nSPS) is 22.1. The number of sulfonamides is 1.